The zero-order valence-corrected chi connectivity index (χ0v) is 14.3. The molecule has 0 saturated heterocycles. The highest BCUT2D eigenvalue weighted by Gasteiger charge is 2.62. The number of esters is 1. The molecular weight excluding hydrogens is 306 g/mol. The molecule has 0 aromatic heterocycles. The number of allylic oxidation sites excluding steroid dienone is 4. The molecule has 2 aliphatic rings. The summed E-state index contributed by atoms with van der Waals surface area (Å²) in [6.45, 7) is 6.27. The van der Waals surface area contributed by atoms with Gasteiger partial charge in [0.1, 0.15) is 0 Å². The monoisotopic (exact) mass is 327 g/mol. The van der Waals surface area contributed by atoms with Gasteiger partial charge in [0.25, 0.3) is 5.69 Å². The molecule has 5 nitrogen and oxygen atoms in total. The lowest BCUT2D eigenvalue weighted by Gasteiger charge is -2.59. The van der Waals surface area contributed by atoms with Gasteiger partial charge in [0, 0.05) is 29.4 Å². The van der Waals surface area contributed by atoms with E-state index in [1.165, 1.54) is 30.4 Å². The number of methoxy groups -OCH3 is 1. The van der Waals surface area contributed by atoms with E-state index in [1.807, 2.05) is 0 Å². The lowest BCUT2D eigenvalue weighted by atomic mass is 9.42. The maximum atomic E-state index is 12.4. The van der Waals surface area contributed by atoms with E-state index < -0.39 is 4.92 Å². The standard InChI is InChI=1S/C19H21NO4/c1-11-9-12(2)16-15(18(21)24-4)17(19(16,3)10-11)13-5-7-14(8-6-13)20(22)23/h5-10,15-17H,1-4H3/t15-,16-,17+,19-/m1/s1. The van der Waals surface area contributed by atoms with Gasteiger partial charge in [-0.25, -0.2) is 0 Å². The maximum Gasteiger partial charge on any atom is 0.309 e. The molecule has 0 spiro atoms. The quantitative estimate of drug-likeness (QED) is 0.478. The van der Waals surface area contributed by atoms with Gasteiger partial charge in [-0.1, -0.05) is 42.4 Å². The first-order chi connectivity index (χ1) is 11.3. The molecule has 1 fully saturated rings. The molecule has 5 heteroatoms. The van der Waals surface area contributed by atoms with Crippen LogP contribution in [0, 0.1) is 27.4 Å². The molecule has 4 atom stereocenters. The molecule has 1 saturated carbocycles. The van der Waals surface area contributed by atoms with E-state index in [9.17, 15) is 14.9 Å². The van der Waals surface area contributed by atoms with E-state index in [-0.39, 0.29) is 34.8 Å². The molecule has 0 amide bonds. The fraction of sp³-hybridized carbons (Fsp3) is 0.421. The topological polar surface area (TPSA) is 69.4 Å². The minimum absolute atomic E-state index is 0.0469. The molecule has 126 valence electrons. The van der Waals surface area contributed by atoms with Crippen molar-refractivity contribution in [3.05, 3.63) is 63.2 Å². The number of hydrogen-bond acceptors (Lipinski definition) is 4. The van der Waals surface area contributed by atoms with Crippen LogP contribution in [0.3, 0.4) is 0 Å². The second kappa shape index (κ2) is 5.58. The average Bonchev–Trinajstić information content (AvgIpc) is 2.51. The van der Waals surface area contributed by atoms with Gasteiger partial charge < -0.3 is 4.74 Å². The number of benzene rings is 1. The second-order valence-corrected chi connectivity index (χ2v) is 7.00. The number of fused-ring (bicyclic) bond motifs is 1. The van der Waals surface area contributed by atoms with Gasteiger partial charge in [-0.3, -0.25) is 14.9 Å². The van der Waals surface area contributed by atoms with E-state index in [1.54, 1.807) is 12.1 Å². The lowest BCUT2D eigenvalue weighted by molar-refractivity contribution is -0.384. The predicted octanol–water partition coefficient (Wildman–Crippen LogP) is 4.01. The zero-order valence-electron chi connectivity index (χ0n) is 14.3. The molecule has 1 aromatic rings. The fourth-order valence-electron chi connectivity index (χ4n) is 4.75. The minimum Gasteiger partial charge on any atom is -0.469 e. The highest BCUT2D eigenvalue weighted by molar-refractivity contribution is 5.78. The van der Waals surface area contributed by atoms with E-state index in [0.29, 0.717) is 0 Å². The van der Waals surface area contributed by atoms with Gasteiger partial charge in [0.05, 0.1) is 18.0 Å². The molecule has 0 aliphatic heterocycles. The Morgan fingerprint density at radius 1 is 1.21 bits per heavy atom. The number of nitro groups is 1. The van der Waals surface area contributed by atoms with Gasteiger partial charge in [0.15, 0.2) is 0 Å². The van der Waals surface area contributed by atoms with Crippen LogP contribution in [0.2, 0.25) is 0 Å². The van der Waals surface area contributed by atoms with Crippen molar-refractivity contribution in [2.75, 3.05) is 7.11 Å². The van der Waals surface area contributed by atoms with Crippen LogP contribution in [0.15, 0.2) is 47.6 Å². The number of nitrogens with zero attached hydrogens (tertiary/aromatic N) is 1. The van der Waals surface area contributed by atoms with Crippen molar-refractivity contribution >= 4 is 11.7 Å². The minimum atomic E-state index is -0.412. The Labute approximate surface area is 141 Å². The van der Waals surface area contributed by atoms with Gasteiger partial charge in [-0.15, -0.1) is 0 Å². The number of rotatable bonds is 3. The van der Waals surface area contributed by atoms with Crippen molar-refractivity contribution in [1.82, 2.24) is 0 Å². The molecule has 0 N–H and O–H groups in total. The van der Waals surface area contributed by atoms with Crippen molar-refractivity contribution in [2.45, 2.75) is 26.7 Å². The summed E-state index contributed by atoms with van der Waals surface area (Å²) >= 11 is 0. The number of nitro benzene ring substituents is 1. The predicted molar refractivity (Wildman–Crippen MR) is 90.5 cm³/mol. The summed E-state index contributed by atoms with van der Waals surface area (Å²) in [5, 5.41) is 10.9. The van der Waals surface area contributed by atoms with Gasteiger partial charge in [0.2, 0.25) is 0 Å². The number of hydrogen-bond donors (Lipinski definition) is 0. The van der Waals surface area contributed by atoms with Crippen LogP contribution < -0.4 is 0 Å². The molecule has 1 aromatic carbocycles. The van der Waals surface area contributed by atoms with Crippen LogP contribution in [0.25, 0.3) is 0 Å². The summed E-state index contributed by atoms with van der Waals surface area (Å²) in [4.78, 5) is 22.9. The largest absolute Gasteiger partial charge is 0.469 e. The van der Waals surface area contributed by atoms with E-state index in [2.05, 4.69) is 32.9 Å². The highest BCUT2D eigenvalue weighted by Crippen LogP contribution is 2.66. The Hall–Kier alpha value is -2.43. The Bertz CT molecular complexity index is 762. The fourth-order valence-corrected chi connectivity index (χ4v) is 4.75. The molecule has 3 rings (SSSR count). The third kappa shape index (κ3) is 2.27. The van der Waals surface area contributed by atoms with Crippen LogP contribution >= 0.6 is 0 Å². The van der Waals surface area contributed by atoms with E-state index >= 15 is 0 Å². The first-order valence-electron chi connectivity index (χ1n) is 7.99. The SMILES string of the molecule is COC(=O)[C@@H]1[C@H]2C(C)=CC(C)=C[C@@]2(C)[C@H]1c1ccc([N+](=O)[O-])cc1. The summed E-state index contributed by atoms with van der Waals surface area (Å²) in [5.41, 5.74) is 3.18. The van der Waals surface area contributed by atoms with Gasteiger partial charge in [-0.2, -0.15) is 0 Å². The van der Waals surface area contributed by atoms with Gasteiger partial charge in [-0.05, 0) is 19.4 Å². The Kier molecular flexibility index (Phi) is 3.82. The number of non-ortho nitro benzene ring substituents is 1. The third-order valence-electron chi connectivity index (χ3n) is 5.48. The number of carbonyl (C=O) groups is 1. The van der Waals surface area contributed by atoms with Crippen molar-refractivity contribution < 1.29 is 14.5 Å². The second-order valence-electron chi connectivity index (χ2n) is 7.00. The van der Waals surface area contributed by atoms with Crippen molar-refractivity contribution in [2.24, 2.45) is 17.3 Å². The number of ether oxygens (including phenoxy) is 1. The van der Waals surface area contributed by atoms with Gasteiger partial charge >= 0.3 is 5.97 Å². The summed E-state index contributed by atoms with van der Waals surface area (Å²) in [6.07, 6.45) is 4.34. The van der Waals surface area contributed by atoms with Crippen molar-refractivity contribution in [3.63, 3.8) is 0 Å². The maximum absolute atomic E-state index is 12.4. The third-order valence-corrected chi connectivity index (χ3v) is 5.48. The normalized spacial score (nSPS) is 31.2. The first kappa shape index (κ1) is 16.4. The molecule has 0 radical (unpaired) electrons. The molecule has 2 aliphatic carbocycles. The summed E-state index contributed by atoms with van der Waals surface area (Å²) in [5.74, 6) is -0.424. The first-order valence-corrected chi connectivity index (χ1v) is 7.99. The van der Waals surface area contributed by atoms with E-state index in [0.717, 1.165) is 5.56 Å². The van der Waals surface area contributed by atoms with Crippen LogP contribution in [0.5, 0.6) is 0 Å². The molecular formula is C19H21NO4. The smallest absolute Gasteiger partial charge is 0.309 e. The van der Waals surface area contributed by atoms with E-state index in [4.69, 9.17) is 4.74 Å². The summed E-state index contributed by atoms with van der Waals surface area (Å²) in [7, 11) is 1.41. The Morgan fingerprint density at radius 2 is 1.83 bits per heavy atom. The molecule has 0 heterocycles. The molecule has 24 heavy (non-hydrogen) atoms. The number of carbonyl (C=O) groups excluding carboxylic acids is 1. The lowest BCUT2D eigenvalue weighted by Crippen LogP contribution is -2.57. The van der Waals surface area contributed by atoms with Crippen LogP contribution in [0.4, 0.5) is 5.69 Å². The molecule has 0 bridgehead atoms. The highest BCUT2D eigenvalue weighted by atomic mass is 16.6. The van der Waals surface area contributed by atoms with Crippen LogP contribution in [-0.4, -0.2) is 18.0 Å². The van der Waals surface area contributed by atoms with Crippen molar-refractivity contribution in [3.8, 4) is 0 Å². The van der Waals surface area contributed by atoms with Crippen molar-refractivity contribution in [1.29, 1.82) is 0 Å². The average molecular weight is 327 g/mol. The summed E-state index contributed by atoms with van der Waals surface area (Å²) < 4.78 is 5.04. The zero-order chi connectivity index (χ0) is 17.6. The molecule has 0 unspecified atom stereocenters. The Balaban J connectivity index is 2.05. The summed E-state index contributed by atoms with van der Waals surface area (Å²) in [6, 6.07) is 6.53. The van der Waals surface area contributed by atoms with Crippen LogP contribution in [0.1, 0.15) is 32.3 Å². The van der Waals surface area contributed by atoms with Crippen LogP contribution in [-0.2, 0) is 9.53 Å². The Morgan fingerprint density at radius 3 is 2.38 bits per heavy atom.